The van der Waals surface area contributed by atoms with E-state index in [0.717, 1.165) is 12.8 Å². The number of hydrogen-bond donors (Lipinski definition) is 2. The first-order valence-corrected chi connectivity index (χ1v) is 6.67. The van der Waals surface area contributed by atoms with Crippen molar-refractivity contribution in [3.8, 4) is 0 Å². The fourth-order valence-corrected chi connectivity index (χ4v) is 2.12. The summed E-state index contributed by atoms with van der Waals surface area (Å²) in [5, 5.41) is 12.0. The van der Waals surface area contributed by atoms with E-state index < -0.39 is 23.6 Å². The minimum Gasteiger partial charge on any atom is -0.481 e. The summed E-state index contributed by atoms with van der Waals surface area (Å²) >= 11 is 0. The van der Waals surface area contributed by atoms with Gasteiger partial charge in [0.25, 0.3) is 0 Å². The number of carboxylic acid groups (broad SMARTS) is 1. The number of rotatable bonds is 2. The molecule has 0 radical (unpaired) electrons. The number of alkyl carbamates (subject to hydrolysis) is 1. The Kier molecular flexibility index (Phi) is 5.39. The van der Waals surface area contributed by atoms with Gasteiger partial charge in [-0.25, -0.2) is 4.79 Å². The predicted octanol–water partition coefficient (Wildman–Crippen LogP) is 2.71. The van der Waals surface area contributed by atoms with Crippen molar-refractivity contribution in [2.45, 2.75) is 58.1 Å². The Balaban J connectivity index is 2.67. The third kappa shape index (κ3) is 5.77. The van der Waals surface area contributed by atoms with E-state index in [9.17, 15) is 14.7 Å². The van der Waals surface area contributed by atoms with Crippen LogP contribution in [0.1, 0.15) is 46.5 Å². The molecule has 0 unspecified atom stereocenters. The molecule has 1 rings (SSSR count). The highest BCUT2D eigenvalue weighted by Crippen LogP contribution is 2.20. The quantitative estimate of drug-likeness (QED) is 0.756. The van der Waals surface area contributed by atoms with E-state index >= 15 is 0 Å². The lowest BCUT2D eigenvalue weighted by molar-refractivity contribution is -0.143. The highest BCUT2D eigenvalue weighted by atomic mass is 16.6. The summed E-state index contributed by atoms with van der Waals surface area (Å²) in [5.41, 5.74) is -0.579. The molecule has 0 fully saturated rings. The van der Waals surface area contributed by atoms with Crippen LogP contribution in [-0.2, 0) is 9.53 Å². The maximum Gasteiger partial charge on any atom is 0.407 e. The summed E-state index contributed by atoms with van der Waals surface area (Å²) in [6.07, 6.45) is 6.13. The summed E-state index contributed by atoms with van der Waals surface area (Å²) in [6.45, 7) is 5.34. The summed E-state index contributed by atoms with van der Waals surface area (Å²) in [6, 6.07) is -0.378. The van der Waals surface area contributed by atoms with Gasteiger partial charge in [0.05, 0.1) is 5.92 Å². The second-order valence-corrected chi connectivity index (χ2v) is 5.82. The molecule has 2 atom stereocenters. The van der Waals surface area contributed by atoms with Gasteiger partial charge >= 0.3 is 12.1 Å². The number of carbonyl (C=O) groups is 2. The average Bonchev–Trinajstić information content (AvgIpc) is 2.18. The zero-order valence-electron chi connectivity index (χ0n) is 11.8. The molecule has 2 N–H and O–H groups in total. The van der Waals surface area contributed by atoms with E-state index in [0.29, 0.717) is 12.8 Å². The van der Waals surface area contributed by atoms with E-state index in [2.05, 4.69) is 5.32 Å². The molecule has 0 aromatic rings. The van der Waals surface area contributed by atoms with Crippen molar-refractivity contribution >= 4 is 12.1 Å². The number of allylic oxidation sites excluding steroid dienone is 2. The molecule has 0 aliphatic heterocycles. The van der Waals surface area contributed by atoms with Crippen LogP contribution in [0.25, 0.3) is 0 Å². The van der Waals surface area contributed by atoms with Gasteiger partial charge in [0.15, 0.2) is 0 Å². The molecule has 0 aromatic heterocycles. The first-order chi connectivity index (χ1) is 8.79. The van der Waals surface area contributed by atoms with Gasteiger partial charge in [-0.2, -0.15) is 0 Å². The highest BCUT2D eigenvalue weighted by Gasteiger charge is 2.30. The molecule has 1 aliphatic carbocycles. The monoisotopic (exact) mass is 269 g/mol. The predicted molar refractivity (Wildman–Crippen MR) is 71.9 cm³/mol. The fraction of sp³-hybridized carbons (Fsp3) is 0.714. The fourth-order valence-electron chi connectivity index (χ4n) is 2.12. The molecule has 108 valence electrons. The normalized spacial score (nSPS) is 25.8. The Morgan fingerprint density at radius 2 is 1.79 bits per heavy atom. The Hall–Kier alpha value is -1.52. The van der Waals surface area contributed by atoms with Crippen molar-refractivity contribution in [1.82, 2.24) is 5.32 Å². The number of amides is 1. The molecular formula is C14H23NO4. The Bertz CT molecular complexity index is 357. The van der Waals surface area contributed by atoms with Gasteiger partial charge in [0, 0.05) is 6.04 Å². The van der Waals surface area contributed by atoms with Crippen LogP contribution >= 0.6 is 0 Å². The van der Waals surface area contributed by atoms with Crippen molar-refractivity contribution in [2.24, 2.45) is 5.92 Å². The minimum atomic E-state index is -0.864. The van der Waals surface area contributed by atoms with Gasteiger partial charge in [0.2, 0.25) is 0 Å². The summed E-state index contributed by atoms with van der Waals surface area (Å²) < 4.78 is 5.18. The zero-order chi connectivity index (χ0) is 14.5. The SMILES string of the molecule is CC(C)(C)OC(=O)N[C@@H]1CC/C=C/CC[C@H]1C(=O)O. The van der Waals surface area contributed by atoms with Crippen LogP contribution in [0, 0.1) is 5.92 Å². The minimum absolute atomic E-state index is 0.378. The summed E-state index contributed by atoms with van der Waals surface area (Å²) in [5.74, 6) is -1.42. The van der Waals surface area contributed by atoms with Gasteiger partial charge < -0.3 is 15.2 Å². The number of nitrogens with one attached hydrogen (secondary N) is 1. The molecule has 0 heterocycles. The van der Waals surface area contributed by atoms with E-state index in [-0.39, 0.29) is 6.04 Å². The van der Waals surface area contributed by atoms with Crippen LogP contribution in [0.15, 0.2) is 12.2 Å². The second kappa shape index (κ2) is 6.59. The van der Waals surface area contributed by atoms with E-state index in [1.165, 1.54) is 0 Å². The molecule has 0 bridgehead atoms. The van der Waals surface area contributed by atoms with E-state index in [1.54, 1.807) is 20.8 Å². The summed E-state index contributed by atoms with van der Waals surface area (Å²) in [4.78, 5) is 23.0. The van der Waals surface area contributed by atoms with Crippen molar-refractivity contribution in [3.05, 3.63) is 12.2 Å². The lowest BCUT2D eigenvalue weighted by atomic mass is 9.89. The molecule has 0 aromatic carbocycles. The van der Waals surface area contributed by atoms with Crippen molar-refractivity contribution in [3.63, 3.8) is 0 Å². The second-order valence-electron chi connectivity index (χ2n) is 5.82. The topological polar surface area (TPSA) is 75.6 Å². The highest BCUT2D eigenvalue weighted by molar-refractivity contribution is 5.73. The molecule has 0 saturated heterocycles. The zero-order valence-corrected chi connectivity index (χ0v) is 11.8. The lowest BCUT2D eigenvalue weighted by Gasteiger charge is -2.27. The third-order valence-corrected chi connectivity index (χ3v) is 2.96. The van der Waals surface area contributed by atoms with Crippen molar-refractivity contribution in [1.29, 1.82) is 0 Å². The molecule has 5 heteroatoms. The lowest BCUT2D eigenvalue weighted by Crippen LogP contribution is -2.45. The number of aliphatic carboxylic acids is 1. The average molecular weight is 269 g/mol. The third-order valence-electron chi connectivity index (χ3n) is 2.96. The molecule has 1 aliphatic rings. The Morgan fingerprint density at radius 1 is 1.21 bits per heavy atom. The maximum absolute atomic E-state index is 11.7. The van der Waals surface area contributed by atoms with Crippen LogP contribution in [-0.4, -0.2) is 28.8 Å². The molecule has 19 heavy (non-hydrogen) atoms. The van der Waals surface area contributed by atoms with Gasteiger partial charge in [-0.3, -0.25) is 4.79 Å². The van der Waals surface area contributed by atoms with Crippen LogP contribution in [0.4, 0.5) is 4.79 Å². The largest absolute Gasteiger partial charge is 0.481 e. The van der Waals surface area contributed by atoms with Crippen LogP contribution in [0.2, 0.25) is 0 Å². The molecular weight excluding hydrogens is 246 g/mol. The van der Waals surface area contributed by atoms with Gasteiger partial charge in [-0.15, -0.1) is 0 Å². The molecule has 5 nitrogen and oxygen atoms in total. The van der Waals surface area contributed by atoms with Gasteiger partial charge in [-0.05, 0) is 46.5 Å². The number of carbonyl (C=O) groups excluding carboxylic acids is 1. The maximum atomic E-state index is 11.7. The Labute approximate surface area is 114 Å². The molecule has 0 spiro atoms. The van der Waals surface area contributed by atoms with Crippen LogP contribution in [0.5, 0.6) is 0 Å². The number of carboxylic acids is 1. The first kappa shape index (κ1) is 15.5. The summed E-state index contributed by atoms with van der Waals surface area (Å²) in [7, 11) is 0. The van der Waals surface area contributed by atoms with Gasteiger partial charge in [-0.1, -0.05) is 12.2 Å². The molecule has 0 saturated carbocycles. The van der Waals surface area contributed by atoms with Crippen LogP contribution in [0.3, 0.4) is 0 Å². The first-order valence-electron chi connectivity index (χ1n) is 6.67. The Morgan fingerprint density at radius 3 is 2.32 bits per heavy atom. The number of ether oxygens (including phenoxy) is 1. The smallest absolute Gasteiger partial charge is 0.407 e. The van der Waals surface area contributed by atoms with Crippen molar-refractivity contribution < 1.29 is 19.4 Å². The van der Waals surface area contributed by atoms with Crippen molar-refractivity contribution in [2.75, 3.05) is 0 Å². The van der Waals surface area contributed by atoms with Crippen LogP contribution < -0.4 is 5.32 Å². The molecule has 1 amide bonds. The van der Waals surface area contributed by atoms with Gasteiger partial charge in [0.1, 0.15) is 5.60 Å². The standard InChI is InChI=1S/C14H23NO4/c1-14(2,3)19-13(18)15-11-9-7-5-4-6-8-10(11)12(16)17/h4-5,10-11H,6-9H2,1-3H3,(H,15,18)(H,16,17)/b5-4+/t10-,11-/m1/s1. The van der Waals surface area contributed by atoms with E-state index in [1.807, 2.05) is 12.2 Å². The van der Waals surface area contributed by atoms with E-state index in [4.69, 9.17) is 4.74 Å². The number of hydrogen-bond acceptors (Lipinski definition) is 3.